The van der Waals surface area contributed by atoms with E-state index in [-0.39, 0.29) is 17.1 Å². The molecule has 2 rings (SSSR count). The Morgan fingerprint density at radius 1 is 1.33 bits per heavy atom. The Bertz CT molecular complexity index is 650. The van der Waals surface area contributed by atoms with Crippen LogP contribution in [0.15, 0.2) is 34.9 Å². The van der Waals surface area contributed by atoms with Crippen molar-refractivity contribution in [3.05, 3.63) is 46.2 Å². The number of carbonyl (C=O) groups is 1. The number of aryl methyl sites for hydroxylation is 1. The lowest BCUT2D eigenvalue weighted by Gasteiger charge is -2.09. The van der Waals surface area contributed by atoms with Gasteiger partial charge in [0.2, 0.25) is 5.78 Å². The minimum atomic E-state index is -4.75. The van der Waals surface area contributed by atoms with Crippen LogP contribution in [0.4, 0.5) is 13.2 Å². The van der Waals surface area contributed by atoms with Crippen LogP contribution in [0.1, 0.15) is 23.0 Å². The first-order valence-corrected chi connectivity index (χ1v) is 6.73. The predicted octanol–water partition coefficient (Wildman–Crippen LogP) is 3.80. The molecular formula is C13H10BrF3N2O2. The van der Waals surface area contributed by atoms with Crippen molar-refractivity contribution < 1.29 is 22.7 Å². The maximum absolute atomic E-state index is 12.4. The second kappa shape index (κ2) is 5.88. The minimum Gasteiger partial charge on any atom is -0.406 e. The molecule has 1 aromatic carbocycles. The van der Waals surface area contributed by atoms with E-state index in [2.05, 4.69) is 25.8 Å². The maximum atomic E-state index is 12.4. The summed E-state index contributed by atoms with van der Waals surface area (Å²) >= 11 is 3.23. The first-order valence-electron chi connectivity index (χ1n) is 5.93. The van der Waals surface area contributed by atoms with Crippen molar-refractivity contribution in [3.8, 4) is 5.75 Å². The zero-order chi connectivity index (χ0) is 15.6. The van der Waals surface area contributed by atoms with Gasteiger partial charge in [0.25, 0.3) is 0 Å². The largest absolute Gasteiger partial charge is 0.573 e. The molecule has 0 unspecified atom stereocenters. The van der Waals surface area contributed by atoms with Crippen LogP contribution in [0.2, 0.25) is 0 Å². The lowest BCUT2D eigenvalue weighted by Crippen LogP contribution is -2.17. The standard InChI is InChI=1S/C13H10BrF3N2O2/c1-2-19-11(10(14)7-18-19)12(20)8-3-5-9(6-4-8)21-13(15,16)17/h3-7H,2H2,1H3. The molecule has 1 aromatic heterocycles. The van der Waals surface area contributed by atoms with Crippen molar-refractivity contribution in [2.45, 2.75) is 19.8 Å². The van der Waals surface area contributed by atoms with Crippen molar-refractivity contribution in [2.75, 3.05) is 0 Å². The summed E-state index contributed by atoms with van der Waals surface area (Å²) in [5, 5.41) is 4.02. The number of aromatic nitrogens is 2. The van der Waals surface area contributed by atoms with E-state index >= 15 is 0 Å². The van der Waals surface area contributed by atoms with E-state index in [4.69, 9.17) is 0 Å². The SMILES string of the molecule is CCn1ncc(Br)c1C(=O)c1ccc(OC(F)(F)F)cc1. The Morgan fingerprint density at radius 2 is 1.95 bits per heavy atom. The number of ether oxygens (including phenoxy) is 1. The molecule has 0 aliphatic carbocycles. The molecule has 0 fully saturated rings. The van der Waals surface area contributed by atoms with Crippen molar-refractivity contribution in [3.63, 3.8) is 0 Å². The number of benzene rings is 1. The topological polar surface area (TPSA) is 44.1 Å². The summed E-state index contributed by atoms with van der Waals surface area (Å²) in [6.07, 6.45) is -3.26. The van der Waals surface area contributed by atoms with Crippen LogP contribution in [0.25, 0.3) is 0 Å². The van der Waals surface area contributed by atoms with Crippen LogP contribution in [0.3, 0.4) is 0 Å². The fraction of sp³-hybridized carbons (Fsp3) is 0.231. The van der Waals surface area contributed by atoms with Crippen LogP contribution in [-0.4, -0.2) is 21.9 Å². The number of rotatable bonds is 4. The van der Waals surface area contributed by atoms with Crippen LogP contribution in [-0.2, 0) is 6.54 Å². The van der Waals surface area contributed by atoms with E-state index in [1.54, 1.807) is 0 Å². The van der Waals surface area contributed by atoms with Gasteiger partial charge in [-0.2, -0.15) is 5.10 Å². The number of ketones is 1. The molecule has 1 heterocycles. The number of alkyl halides is 3. The Morgan fingerprint density at radius 3 is 2.48 bits per heavy atom. The van der Waals surface area contributed by atoms with Crippen LogP contribution in [0.5, 0.6) is 5.75 Å². The van der Waals surface area contributed by atoms with Gasteiger partial charge in [-0.25, -0.2) is 0 Å². The molecule has 2 aromatic rings. The van der Waals surface area contributed by atoms with Gasteiger partial charge in [0.1, 0.15) is 11.4 Å². The highest BCUT2D eigenvalue weighted by molar-refractivity contribution is 9.10. The number of halogens is 4. The van der Waals surface area contributed by atoms with E-state index in [0.29, 0.717) is 16.7 Å². The molecular weight excluding hydrogens is 353 g/mol. The third kappa shape index (κ3) is 3.63. The monoisotopic (exact) mass is 362 g/mol. The Hall–Kier alpha value is -1.83. The first kappa shape index (κ1) is 15.6. The lowest BCUT2D eigenvalue weighted by molar-refractivity contribution is -0.274. The van der Waals surface area contributed by atoms with Gasteiger partial charge in [0.05, 0.1) is 10.7 Å². The summed E-state index contributed by atoms with van der Waals surface area (Å²) in [5.74, 6) is -0.707. The van der Waals surface area contributed by atoms with E-state index in [0.717, 1.165) is 12.1 Å². The van der Waals surface area contributed by atoms with Crippen LogP contribution < -0.4 is 4.74 Å². The fourth-order valence-electron chi connectivity index (χ4n) is 1.77. The zero-order valence-electron chi connectivity index (χ0n) is 10.8. The molecule has 0 N–H and O–H groups in total. The second-order valence-corrected chi connectivity index (χ2v) is 4.91. The van der Waals surface area contributed by atoms with Crippen molar-refractivity contribution in [1.82, 2.24) is 9.78 Å². The van der Waals surface area contributed by atoms with Crippen LogP contribution in [0, 0.1) is 0 Å². The van der Waals surface area contributed by atoms with Gasteiger partial charge in [-0.1, -0.05) is 0 Å². The molecule has 0 aliphatic heterocycles. The Kier molecular flexibility index (Phi) is 4.36. The highest BCUT2D eigenvalue weighted by Gasteiger charge is 2.31. The van der Waals surface area contributed by atoms with Gasteiger partial charge < -0.3 is 4.74 Å². The van der Waals surface area contributed by atoms with Gasteiger partial charge >= 0.3 is 6.36 Å². The van der Waals surface area contributed by atoms with Gasteiger partial charge in [0, 0.05) is 12.1 Å². The molecule has 8 heteroatoms. The van der Waals surface area contributed by atoms with E-state index in [9.17, 15) is 18.0 Å². The van der Waals surface area contributed by atoms with E-state index in [1.165, 1.54) is 23.0 Å². The molecule has 0 radical (unpaired) electrons. The zero-order valence-corrected chi connectivity index (χ0v) is 12.4. The minimum absolute atomic E-state index is 0.250. The summed E-state index contributed by atoms with van der Waals surface area (Å²) in [5.41, 5.74) is 0.599. The Labute approximate surface area is 126 Å². The molecule has 112 valence electrons. The molecule has 0 bridgehead atoms. The van der Waals surface area contributed by atoms with Gasteiger partial charge in [-0.3, -0.25) is 9.48 Å². The second-order valence-electron chi connectivity index (χ2n) is 4.06. The molecule has 21 heavy (non-hydrogen) atoms. The maximum Gasteiger partial charge on any atom is 0.573 e. The van der Waals surface area contributed by atoms with E-state index in [1.807, 2.05) is 6.92 Å². The van der Waals surface area contributed by atoms with Gasteiger partial charge in [0.15, 0.2) is 0 Å². The summed E-state index contributed by atoms with van der Waals surface area (Å²) in [4.78, 5) is 12.4. The smallest absolute Gasteiger partial charge is 0.406 e. The molecule has 0 saturated carbocycles. The number of carbonyl (C=O) groups excluding carboxylic acids is 1. The van der Waals surface area contributed by atoms with Crippen LogP contribution >= 0.6 is 15.9 Å². The Balaban J connectivity index is 2.26. The fourth-order valence-corrected chi connectivity index (χ4v) is 2.25. The average Bonchev–Trinajstić information content (AvgIpc) is 2.78. The van der Waals surface area contributed by atoms with Crippen molar-refractivity contribution in [1.29, 1.82) is 0 Å². The first-order chi connectivity index (χ1) is 9.81. The van der Waals surface area contributed by atoms with Crippen molar-refractivity contribution >= 4 is 21.7 Å². The highest BCUT2D eigenvalue weighted by atomic mass is 79.9. The summed E-state index contributed by atoms with van der Waals surface area (Å²) in [6, 6.07) is 4.76. The molecule has 0 amide bonds. The molecule has 0 saturated heterocycles. The number of hydrogen-bond donors (Lipinski definition) is 0. The number of nitrogens with zero attached hydrogens (tertiary/aromatic N) is 2. The average molecular weight is 363 g/mol. The normalized spacial score (nSPS) is 11.5. The van der Waals surface area contributed by atoms with Gasteiger partial charge in [-0.05, 0) is 47.1 Å². The van der Waals surface area contributed by atoms with E-state index < -0.39 is 6.36 Å². The highest BCUT2D eigenvalue weighted by Crippen LogP contribution is 2.25. The molecule has 0 atom stereocenters. The summed E-state index contributed by atoms with van der Waals surface area (Å²) < 4.78 is 42.0. The third-order valence-corrected chi connectivity index (χ3v) is 3.24. The summed E-state index contributed by atoms with van der Waals surface area (Å²) in [6.45, 7) is 2.33. The lowest BCUT2D eigenvalue weighted by atomic mass is 10.1. The molecule has 0 aliphatic rings. The van der Waals surface area contributed by atoms with Gasteiger partial charge in [-0.15, -0.1) is 13.2 Å². The molecule has 0 spiro atoms. The predicted molar refractivity (Wildman–Crippen MR) is 72.2 cm³/mol. The molecule has 4 nitrogen and oxygen atoms in total. The quantitative estimate of drug-likeness (QED) is 0.777. The summed E-state index contributed by atoms with van der Waals surface area (Å²) in [7, 11) is 0. The van der Waals surface area contributed by atoms with Crippen molar-refractivity contribution in [2.24, 2.45) is 0 Å². The number of hydrogen-bond acceptors (Lipinski definition) is 3. The third-order valence-electron chi connectivity index (χ3n) is 2.66.